The zero-order valence-electron chi connectivity index (χ0n) is 8.93. The van der Waals surface area contributed by atoms with Crippen LogP contribution in [0.15, 0.2) is 36.7 Å². The highest BCUT2D eigenvalue weighted by Gasteiger charge is 2.07. The molecule has 4 heteroatoms. The van der Waals surface area contributed by atoms with Crippen LogP contribution in [0.25, 0.3) is 11.1 Å². The monoisotopic (exact) mass is 216 g/mol. The number of aromatic amines is 1. The summed E-state index contributed by atoms with van der Waals surface area (Å²) in [6.07, 6.45) is 4.81. The third kappa shape index (κ3) is 1.82. The molecule has 0 bridgehead atoms. The second kappa shape index (κ2) is 4.18. The van der Waals surface area contributed by atoms with E-state index >= 15 is 0 Å². The minimum atomic E-state index is -0.387. The van der Waals surface area contributed by atoms with E-state index in [0.717, 1.165) is 17.5 Å². The molecule has 4 nitrogen and oxygen atoms in total. The summed E-state index contributed by atoms with van der Waals surface area (Å²) in [4.78, 5) is 13.2. The van der Waals surface area contributed by atoms with Crippen LogP contribution in [0.4, 0.5) is 5.69 Å². The van der Waals surface area contributed by atoms with E-state index in [-0.39, 0.29) is 10.6 Å². The zero-order chi connectivity index (χ0) is 11.5. The minimum absolute atomic E-state index is 0.123. The Bertz CT molecular complexity index is 500. The van der Waals surface area contributed by atoms with E-state index < -0.39 is 0 Å². The Morgan fingerprint density at radius 2 is 1.94 bits per heavy atom. The van der Waals surface area contributed by atoms with Crippen molar-refractivity contribution in [3.05, 3.63) is 52.3 Å². The fraction of sp³-hybridized carbons (Fsp3) is 0.167. The van der Waals surface area contributed by atoms with Gasteiger partial charge in [0.25, 0.3) is 5.69 Å². The molecule has 0 radical (unpaired) electrons. The average Bonchev–Trinajstić information content (AvgIpc) is 2.77. The Morgan fingerprint density at radius 1 is 1.25 bits per heavy atom. The lowest BCUT2D eigenvalue weighted by Crippen LogP contribution is -1.87. The molecule has 0 aliphatic heterocycles. The van der Waals surface area contributed by atoms with Gasteiger partial charge in [0.15, 0.2) is 0 Å². The second-order valence-electron chi connectivity index (χ2n) is 3.55. The third-order valence-electron chi connectivity index (χ3n) is 2.60. The molecule has 0 fully saturated rings. The Hall–Kier alpha value is -2.10. The van der Waals surface area contributed by atoms with Gasteiger partial charge in [-0.15, -0.1) is 0 Å². The van der Waals surface area contributed by atoms with E-state index in [9.17, 15) is 10.1 Å². The Labute approximate surface area is 93.1 Å². The highest BCUT2D eigenvalue weighted by Crippen LogP contribution is 2.25. The summed E-state index contributed by atoms with van der Waals surface area (Å²) in [6, 6.07) is 6.62. The number of H-pyrrole nitrogens is 1. The number of nitrogens with one attached hydrogen (secondary N) is 1. The lowest BCUT2D eigenvalue weighted by molar-refractivity contribution is -0.384. The summed E-state index contributed by atoms with van der Waals surface area (Å²) in [5.74, 6) is 0. The van der Waals surface area contributed by atoms with E-state index in [4.69, 9.17) is 0 Å². The third-order valence-corrected chi connectivity index (χ3v) is 2.60. The van der Waals surface area contributed by atoms with E-state index in [0.29, 0.717) is 0 Å². The molecule has 2 rings (SSSR count). The van der Waals surface area contributed by atoms with Crippen molar-refractivity contribution in [3.8, 4) is 11.1 Å². The summed E-state index contributed by atoms with van der Waals surface area (Å²) in [6.45, 7) is 2.08. The molecule has 0 spiro atoms. The summed E-state index contributed by atoms with van der Waals surface area (Å²) < 4.78 is 0. The maximum atomic E-state index is 10.5. The van der Waals surface area contributed by atoms with Crippen LogP contribution in [-0.2, 0) is 6.42 Å². The molecule has 0 unspecified atom stereocenters. The van der Waals surface area contributed by atoms with Crippen LogP contribution in [0.1, 0.15) is 12.5 Å². The van der Waals surface area contributed by atoms with Crippen LogP contribution < -0.4 is 0 Å². The van der Waals surface area contributed by atoms with Crippen LogP contribution in [0.3, 0.4) is 0 Å². The molecule has 16 heavy (non-hydrogen) atoms. The number of rotatable bonds is 3. The van der Waals surface area contributed by atoms with Gasteiger partial charge in [-0.3, -0.25) is 10.1 Å². The first-order valence-electron chi connectivity index (χ1n) is 5.13. The summed E-state index contributed by atoms with van der Waals surface area (Å²) >= 11 is 0. The van der Waals surface area contributed by atoms with Gasteiger partial charge in [-0.25, -0.2) is 0 Å². The molecule has 0 saturated heterocycles. The fourth-order valence-electron chi connectivity index (χ4n) is 1.72. The number of non-ortho nitro benzene ring substituents is 1. The largest absolute Gasteiger partial charge is 0.367 e. The van der Waals surface area contributed by atoms with Gasteiger partial charge in [0.05, 0.1) is 4.92 Å². The van der Waals surface area contributed by atoms with Crippen molar-refractivity contribution in [1.82, 2.24) is 4.98 Å². The van der Waals surface area contributed by atoms with E-state index in [2.05, 4.69) is 11.9 Å². The maximum Gasteiger partial charge on any atom is 0.269 e. The van der Waals surface area contributed by atoms with Crippen LogP contribution in [-0.4, -0.2) is 9.91 Å². The van der Waals surface area contributed by atoms with Gasteiger partial charge in [-0.1, -0.05) is 6.92 Å². The van der Waals surface area contributed by atoms with Gasteiger partial charge in [0, 0.05) is 30.1 Å². The minimum Gasteiger partial charge on any atom is -0.367 e. The number of benzene rings is 1. The number of aryl methyl sites for hydroxylation is 1. The molecule has 0 amide bonds. The fourth-order valence-corrected chi connectivity index (χ4v) is 1.72. The quantitative estimate of drug-likeness (QED) is 0.632. The number of hydrogen-bond donors (Lipinski definition) is 1. The predicted molar refractivity (Wildman–Crippen MR) is 62.3 cm³/mol. The molecule has 0 atom stereocenters. The van der Waals surface area contributed by atoms with Crippen molar-refractivity contribution < 1.29 is 4.92 Å². The van der Waals surface area contributed by atoms with Gasteiger partial charge in [0.1, 0.15) is 0 Å². The van der Waals surface area contributed by atoms with Crippen molar-refractivity contribution in [2.24, 2.45) is 0 Å². The van der Waals surface area contributed by atoms with Gasteiger partial charge in [0.2, 0.25) is 0 Å². The number of hydrogen-bond acceptors (Lipinski definition) is 2. The molecule has 1 N–H and O–H groups in total. The molecule has 82 valence electrons. The first-order valence-corrected chi connectivity index (χ1v) is 5.13. The first-order chi connectivity index (χ1) is 7.72. The highest BCUT2D eigenvalue weighted by molar-refractivity contribution is 5.67. The molecular formula is C12H12N2O2. The van der Waals surface area contributed by atoms with Crippen molar-refractivity contribution >= 4 is 5.69 Å². The van der Waals surface area contributed by atoms with Crippen molar-refractivity contribution in [2.45, 2.75) is 13.3 Å². The van der Waals surface area contributed by atoms with Gasteiger partial charge >= 0.3 is 0 Å². The Balaban J connectivity index is 2.38. The lowest BCUT2D eigenvalue weighted by atomic mass is 10.0. The number of nitrogens with zero attached hydrogens (tertiary/aromatic N) is 1. The van der Waals surface area contributed by atoms with Crippen molar-refractivity contribution in [3.63, 3.8) is 0 Å². The van der Waals surface area contributed by atoms with Crippen LogP contribution in [0.5, 0.6) is 0 Å². The molecule has 1 aromatic heterocycles. The maximum absolute atomic E-state index is 10.5. The second-order valence-corrected chi connectivity index (χ2v) is 3.55. The van der Waals surface area contributed by atoms with Crippen molar-refractivity contribution in [2.75, 3.05) is 0 Å². The predicted octanol–water partition coefficient (Wildman–Crippen LogP) is 3.15. The van der Waals surface area contributed by atoms with Crippen LogP contribution >= 0.6 is 0 Å². The van der Waals surface area contributed by atoms with E-state index in [1.165, 1.54) is 17.7 Å². The SMILES string of the molecule is CCc1c[nH]cc1-c1ccc([N+](=O)[O-])cc1. The molecule has 2 aromatic rings. The molecule has 0 aliphatic carbocycles. The number of nitro groups is 1. The molecule has 1 aromatic carbocycles. The van der Waals surface area contributed by atoms with Crippen LogP contribution in [0, 0.1) is 10.1 Å². The Kier molecular flexibility index (Phi) is 2.72. The normalized spacial score (nSPS) is 10.3. The van der Waals surface area contributed by atoms with Gasteiger partial charge < -0.3 is 4.98 Å². The van der Waals surface area contributed by atoms with Gasteiger partial charge in [-0.05, 0) is 29.7 Å². The number of nitro benzene ring substituents is 1. The topological polar surface area (TPSA) is 58.9 Å². The first kappa shape index (κ1) is 10.4. The molecule has 0 saturated carbocycles. The molecule has 1 heterocycles. The summed E-state index contributed by atoms with van der Waals surface area (Å²) in [5, 5.41) is 10.5. The van der Waals surface area contributed by atoms with E-state index in [1.54, 1.807) is 12.1 Å². The highest BCUT2D eigenvalue weighted by atomic mass is 16.6. The van der Waals surface area contributed by atoms with Gasteiger partial charge in [-0.2, -0.15) is 0 Å². The molecular weight excluding hydrogens is 204 g/mol. The van der Waals surface area contributed by atoms with Crippen molar-refractivity contribution in [1.29, 1.82) is 0 Å². The Morgan fingerprint density at radius 3 is 2.50 bits per heavy atom. The van der Waals surface area contributed by atoms with Crippen LogP contribution in [0.2, 0.25) is 0 Å². The van der Waals surface area contributed by atoms with E-state index in [1.807, 2.05) is 12.4 Å². The standard InChI is InChI=1S/C12H12N2O2/c1-2-9-7-13-8-12(9)10-3-5-11(6-4-10)14(15)16/h3-8,13H,2H2,1H3. The lowest BCUT2D eigenvalue weighted by Gasteiger charge is -2.01. The zero-order valence-corrected chi connectivity index (χ0v) is 8.93. The number of aromatic nitrogens is 1. The summed E-state index contributed by atoms with van der Waals surface area (Å²) in [5.41, 5.74) is 3.45. The average molecular weight is 216 g/mol. The smallest absolute Gasteiger partial charge is 0.269 e. The molecule has 0 aliphatic rings. The summed E-state index contributed by atoms with van der Waals surface area (Å²) in [7, 11) is 0.